The first-order valence-corrected chi connectivity index (χ1v) is 9.44. The Morgan fingerprint density at radius 2 is 2.00 bits per heavy atom. The van der Waals surface area contributed by atoms with Crippen LogP contribution in [-0.2, 0) is 11.3 Å². The highest BCUT2D eigenvalue weighted by Gasteiger charge is 2.10. The van der Waals surface area contributed by atoms with Crippen molar-refractivity contribution in [2.45, 2.75) is 6.54 Å². The molecule has 0 aliphatic heterocycles. The van der Waals surface area contributed by atoms with E-state index in [2.05, 4.69) is 10.3 Å². The van der Waals surface area contributed by atoms with Crippen LogP contribution >= 0.6 is 11.3 Å². The largest absolute Gasteiger partial charge is 0.489 e. The van der Waals surface area contributed by atoms with Gasteiger partial charge in [-0.05, 0) is 23.6 Å². The predicted molar refractivity (Wildman–Crippen MR) is 107 cm³/mol. The maximum absolute atomic E-state index is 13.6. The van der Waals surface area contributed by atoms with E-state index in [0.29, 0.717) is 25.7 Å². The Morgan fingerprint density at radius 1 is 1.22 bits per heavy atom. The fourth-order valence-corrected chi connectivity index (χ4v) is 2.78. The van der Waals surface area contributed by atoms with Crippen LogP contribution < -0.4 is 10.1 Å². The average Bonchev–Trinajstić information content (AvgIpc) is 3.16. The number of ether oxygens (including phenoxy) is 1. The highest BCUT2D eigenvalue weighted by molar-refractivity contribution is 7.09. The van der Waals surface area contributed by atoms with Crippen LogP contribution in [0.4, 0.5) is 4.39 Å². The van der Waals surface area contributed by atoms with E-state index in [1.165, 1.54) is 11.0 Å². The van der Waals surface area contributed by atoms with Gasteiger partial charge in [-0.1, -0.05) is 18.2 Å². The number of para-hydroxylation sites is 1. The topological polar surface area (TPSA) is 57.2 Å². The number of nitrogens with zero attached hydrogens (tertiary/aromatic N) is 3. The maximum Gasteiger partial charge on any atom is 0.243 e. The lowest BCUT2D eigenvalue weighted by atomic mass is 10.3. The van der Waals surface area contributed by atoms with Crippen LogP contribution in [0.15, 0.2) is 46.8 Å². The molecule has 0 radical (unpaired) electrons. The molecule has 1 heterocycles. The van der Waals surface area contributed by atoms with Gasteiger partial charge in [-0.15, -0.1) is 11.3 Å². The Hall–Kier alpha value is -2.61. The standard InChI is InChI=1S/C19H25FN4O2S/c1-23(2)18(25)14-22-19(21-13-15-7-6-12-27-15)24(3)10-11-26-17-9-5-4-8-16(17)20/h4-9,12H,10-11,13-14H2,1-3H3,(H,21,22). The molecular formula is C19H25FN4O2S. The van der Waals surface area contributed by atoms with Crippen LogP contribution in [0.2, 0.25) is 0 Å². The van der Waals surface area contributed by atoms with E-state index in [1.807, 2.05) is 29.5 Å². The van der Waals surface area contributed by atoms with Crippen LogP contribution in [0.25, 0.3) is 0 Å². The third-order valence-electron chi connectivity index (χ3n) is 3.75. The lowest BCUT2D eigenvalue weighted by Gasteiger charge is -2.22. The molecule has 0 saturated carbocycles. The van der Waals surface area contributed by atoms with Gasteiger partial charge in [0.05, 0.1) is 13.1 Å². The summed E-state index contributed by atoms with van der Waals surface area (Å²) in [4.78, 5) is 20.8. The molecular weight excluding hydrogens is 367 g/mol. The molecule has 1 aromatic heterocycles. The summed E-state index contributed by atoms with van der Waals surface area (Å²) < 4.78 is 19.1. The molecule has 27 heavy (non-hydrogen) atoms. The minimum atomic E-state index is -0.388. The van der Waals surface area contributed by atoms with Crippen LogP contribution in [0.1, 0.15) is 4.88 Å². The van der Waals surface area contributed by atoms with Gasteiger partial charge in [-0.3, -0.25) is 4.79 Å². The maximum atomic E-state index is 13.6. The van der Waals surface area contributed by atoms with Gasteiger partial charge in [0, 0.05) is 26.0 Å². The van der Waals surface area contributed by atoms with Gasteiger partial charge in [-0.2, -0.15) is 0 Å². The summed E-state index contributed by atoms with van der Waals surface area (Å²) in [6.07, 6.45) is 0. The Bertz CT molecular complexity index is 750. The number of rotatable bonds is 8. The van der Waals surface area contributed by atoms with Crippen LogP contribution in [0.3, 0.4) is 0 Å². The summed E-state index contributed by atoms with van der Waals surface area (Å²) in [5, 5.41) is 5.27. The van der Waals surface area contributed by atoms with Gasteiger partial charge < -0.3 is 19.9 Å². The second kappa shape index (κ2) is 10.5. The second-order valence-corrected chi connectivity index (χ2v) is 7.09. The number of thiophene rings is 1. The third kappa shape index (κ3) is 6.90. The predicted octanol–water partition coefficient (Wildman–Crippen LogP) is 2.43. The monoisotopic (exact) mass is 392 g/mol. The molecule has 1 amide bonds. The molecule has 0 bridgehead atoms. The number of likely N-dealkylation sites (N-methyl/N-ethyl adjacent to an activating group) is 2. The number of aliphatic imine (C=N–C) groups is 1. The van der Waals surface area contributed by atoms with Crippen molar-refractivity contribution in [3.63, 3.8) is 0 Å². The summed E-state index contributed by atoms with van der Waals surface area (Å²) >= 11 is 1.65. The molecule has 2 rings (SSSR count). The fourth-order valence-electron chi connectivity index (χ4n) is 2.14. The third-order valence-corrected chi connectivity index (χ3v) is 4.62. The zero-order valence-electron chi connectivity index (χ0n) is 15.8. The van der Waals surface area contributed by atoms with Gasteiger partial charge in [0.25, 0.3) is 0 Å². The quantitative estimate of drug-likeness (QED) is 0.554. The first-order chi connectivity index (χ1) is 13.0. The Balaban J connectivity index is 1.94. The van der Waals surface area contributed by atoms with Gasteiger partial charge >= 0.3 is 0 Å². The van der Waals surface area contributed by atoms with E-state index >= 15 is 0 Å². The normalized spacial score (nSPS) is 11.2. The molecule has 0 fully saturated rings. The minimum Gasteiger partial charge on any atom is -0.489 e. The lowest BCUT2D eigenvalue weighted by molar-refractivity contribution is -0.127. The molecule has 1 aromatic carbocycles. The van der Waals surface area contributed by atoms with Gasteiger partial charge in [0.15, 0.2) is 17.5 Å². The number of amides is 1. The summed E-state index contributed by atoms with van der Waals surface area (Å²) in [5.74, 6) is 0.345. The van der Waals surface area contributed by atoms with E-state index in [4.69, 9.17) is 4.74 Å². The molecule has 0 aliphatic carbocycles. The lowest BCUT2D eigenvalue weighted by Crippen LogP contribution is -2.41. The van der Waals surface area contributed by atoms with Crippen molar-refractivity contribution in [2.24, 2.45) is 4.99 Å². The average molecular weight is 393 g/mol. The second-order valence-electron chi connectivity index (χ2n) is 6.06. The summed E-state index contributed by atoms with van der Waals surface area (Å²) in [7, 11) is 5.25. The van der Waals surface area contributed by atoms with Crippen LogP contribution in [0, 0.1) is 5.82 Å². The van der Waals surface area contributed by atoms with Crippen molar-refractivity contribution in [3.05, 3.63) is 52.5 Å². The van der Waals surface area contributed by atoms with Gasteiger partial charge in [-0.25, -0.2) is 9.38 Å². The zero-order chi connectivity index (χ0) is 19.6. The Morgan fingerprint density at radius 3 is 2.67 bits per heavy atom. The number of guanidine groups is 1. The molecule has 1 N–H and O–H groups in total. The zero-order valence-corrected chi connectivity index (χ0v) is 16.6. The molecule has 2 aromatic rings. The van der Waals surface area contributed by atoms with E-state index < -0.39 is 0 Å². The summed E-state index contributed by atoms with van der Waals surface area (Å²) in [5.41, 5.74) is 0. The Labute approximate surface area is 163 Å². The number of hydrogen-bond donors (Lipinski definition) is 1. The fraction of sp³-hybridized carbons (Fsp3) is 0.368. The first-order valence-electron chi connectivity index (χ1n) is 8.56. The van der Waals surface area contributed by atoms with Crippen molar-refractivity contribution in [1.82, 2.24) is 15.1 Å². The smallest absolute Gasteiger partial charge is 0.243 e. The van der Waals surface area contributed by atoms with E-state index in [0.717, 1.165) is 4.88 Å². The van der Waals surface area contributed by atoms with Crippen LogP contribution in [0.5, 0.6) is 5.75 Å². The molecule has 8 heteroatoms. The number of hydrogen-bond acceptors (Lipinski definition) is 4. The van der Waals surface area contributed by atoms with Crippen molar-refractivity contribution >= 4 is 23.2 Å². The summed E-state index contributed by atoms with van der Waals surface area (Å²) in [6.45, 7) is 1.45. The molecule has 146 valence electrons. The van der Waals surface area contributed by atoms with E-state index in [9.17, 15) is 9.18 Å². The Kier molecular flexibility index (Phi) is 8.06. The first kappa shape index (κ1) is 20.7. The van der Waals surface area contributed by atoms with E-state index in [1.54, 1.807) is 43.6 Å². The van der Waals surface area contributed by atoms with Crippen molar-refractivity contribution < 1.29 is 13.9 Å². The number of benzene rings is 1. The molecule has 0 spiro atoms. The number of carbonyl (C=O) groups excluding carboxylic acids is 1. The highest BCUT2D eigenvalue weighted by atomic mass is 32.1. The van der Waals surface area contributed by atoms with Gasteiger partial charge in [0.1, 0.15) is 13.2 Å². The van der Waals surface area contributed by atoms with Gasteiger partial charge in [0.2, 0.25) is 5.91 Å². The molecule has 0 unspecified atom stereocenters. The van der Waals surface area contributed by atoms with Crippen LogP contribution in [-0.4, -0.2) is 62.5 Å². The number of carbonyl (C=O) groups is 1. The number of nitrogens with one attached hydrogen (secondary N) is 1. The SMILES string of the molecule is CN(C)C(=O)CN=C(NCc1cccs1)N(C)CCOc1ccccc1F. The summed E-state index contributed by atoms with van der Waals surface area (Å²) in [6, 6.07) is 10.3. The minimum absolute atomic E-state index is 0.0539. The number of halogens is 1. The molecule has 0 aliphatic rings. The molecule has 0 saturated heterocycles. The van der Waals surface area contributed by atoms with Crippen molar-refractivity contribution in [3.8, 4) is 5.75 Å². The molecule has 6 nitrogen and oxygen atoms in total. The highest BCUT2D eigenvalue weighted by Crippen LogP contribution is 2.15. The van der Waals surface area contributed by atoms with E-state index in [-0.39, 0.29) is 24.0 Å². The van der Waals surface area contributed by atoms with Crippen molar-refractivity contribution in [1.29, 1.82) is 0 Å². The molecule has 0 atom stereocenters. The van der Waals surface area contributed by atoms with Crippen molar-refractivity contribution in [2.75, 3.05) is 40.8 Å².